The highest BCUT2D eigenvalue weighted by molar-refractivity contribution is 5.94. The lowest BCUT2D eigenvalue weighted by Gasteiger charge is -2.19. The van der Waals surface area contributed by atoms with Gasteiger partial charge in [-0.15, -0.1) is 0 Å². The first-order valence-electron chi connectivity index (χ1n) is 9.50. The van der Waals surface area contributed by atoms with Crippen molar-refractivity contribution in [2.45, 2.75) is 32.8 Å². The van der Waals surface area contributed by atoms with Crippen LogP contribution in [0.2, 0.25) is 0 Å². The maximum atomic E-state index is 12.2. The van der Waals surface area contributed by atoms with Gasteiger partial charge in [0, 0.05) is 49.7 Å². The predicted molar refractivity (Wildman–Crippen MR) is 110 cm³/mol. The first-order valence-corrected chi connectivity index (χ1v) is 9.50. The van der Waals surface area contributed by atoms with Crippen LogP contribution >= 0.6 is 0 Å². The normalized spacial score (nSPS) is 10.9. The number of ether oxygens (including phenoxy) is 1. The second-order valence-electron chi connectivity index (χ2n) is 7.42. The number of hydrogen-bond acceptors (Lipinski definition) is 4. The Kier molecular flexibility index (Phi) is 7.82. The Hall–Kier alpha value is -3.29. The van der Waals surface area contributed by atoms with Crippen molar-refractivity contribution in [3.8, 4) is 5.69 Å². The molecule has 0 unspecified atom stereocenters. The minimum absolute atomic E-state index is 0.133. The number of alkyl carbamates (subject to hydrolysis) is 1. The molecule has 3 N–H and O–H groups in total. The molecule has 1 aromatic heterocycles. The second kappa shape index (κ2) is 10.3. The summed E-state index contributed by atoms with van der Waals surface area (Å²) in [4.78, 5) is 35.4. The molecule has 0 aliphatic heterocycles. The maximum Gasteiger partial charge on any atom is 0.407 e. The third-order valence-electron chi connectivity index (χ3n) is 3.79. The standard InChI is InChI=1S/C21H28N4O4/c1-21(2,3)29-20(28)24-11-10-18(26)22-12-13-23-19(27)16-6-8-17(9-7-16)25-14-4-5-15-25/h4-9,14-15H,10-13H2,1-3H3,(H,22,26)(H,23,27)(H,24,28). The SMILES string of the molecule is CC(C)(C)OC(=O)NCCC(=O)NCCNC(=O)c1ccc(-n2cccc2)cc1. The van der Waals surface area contributed by atoms with E-state index in [1.807, 2.05) is 41.2 Å². The molecular formula is C21H28N4O4. The van der Waals surface area contributed by atoms with E-state index in [2.05, 4.69) is 16.0 Å². The zero-order valence-electron chi connectivity index (χ0n) is 17.0. The van der Waals surface area contributed by atoms with Gasteiger partial charge in [0.1, 0.15) is 5.60 Å². The van der Waals surface area contributed by atoms with E-state index in [0.717, 1.165) is 5.69 Å². The number of rotatable bonds is 8. The van der Waals surface area contributed by atoms with Crippen LogP contribution in [0.4, 0.5) is 4.79 Å². The van der Waals surface area contributed by atoms with Crippen molar-refractivity contribution < 1.29 is 19.1 Å². The van der Waals surface area contributed by atoms with E-state index < -0.39 is 11.7 Å². The quantitative estimate of drug-likeness (QED) is 0.592. The fraction of sp³-hybridized carbons (Fsp3) is 0.381. The van der Waals surface area contributed by atoms with Gasteiger partial charge in [-0.2, -0.15) is 0 Å². The molecule has 0 aliphatic carbocycles. The molecular weight excluding hydrogens is 372 g/mol. The van der Waals surface area contributed by atoms with Crippen LogP contribution < -0.4 is 16.0 Å². The number of hydrogen-bond donors (Lipinski definition) is 3. The minimum atomic E-state index is -0.576. The molecule has 0 aliphatic rings. The molecule has 0 saturated heterocycles. The summed E-state index contributed by atoms with van der Waals surface area (Å²) < 4.78 is 7.04. The summed E-state index contributed by atoms with van der Waals surface area (Å²) in [6.45, 7) is 6.10. The lowest BCUT2D eigenvalue weighted by atomic mass is 10.2. The zero-order chi connectivity index (χ0) is 21.3. The van der Waals surface area contributed by atoms with Crippen molar-refractivity contribution in [2.24, 2.45) is 0 Å². The van der Waals surface area contributed by atoms with Gasteiger partial charge in [-0.05, 0) is 57.2 Å². The topological polar surface area (TPSA) is 101 Å². The Morgan fingerprint density at radius 3 is 2.14 bits per heavy atom. The monoisotopic (exact) mass is 400 g/mol. The summed E-state index contributed by atoms with van der Waals surface area (Å²) in [6.07, 6.45) is 3.44. The highest BCUT2D eigenvalue weighted by atomic mass is 16.6. The van der Waals surface area contributed by atoms with Crippen LogP contribution in [0.3, 0.4) is 0 Å². The molecule has 0 bridgehead atoms. The van der Waals surface area contributed by atoms with Crippen LogP contribution in [0.15, 0.2) is 48.8 Å². The molecule has 156 valence electrons. The van der Waals surface area contributed by atoms with E-state index in [0.29, 0.717) is 18.7 Å². The molecule has 2 rings (SSSR count). The van der Waals surface area contributed by atoms with E-state index in [-0.39, 0.29) is 24.8 Å². The highest BCUT2D eigenvalue weighted by Gasteiger charge is 2.15. The van der Waals surface area contributed by atoms with Gasteiger partial charge in [-0.25, -0.2) is 4.79 Å². The summed E-state index contributed by atoms with van der Waals surface area (Å²) in [7, 11) is 0. The van der Waals surface area contributed by atoms with E-state index in [1.54, 1.807) is 32.9 Å². The average molecular weight is 400 g/mol. The van der Waals surface area contributed by atoms with Gasteiger partial charge in [0.05, 0.1) is 0 Å². The molecule has 1 heterocycles. The molecule has 1 aromatic carbocycles. The minimum Gasteiger partial charge on any atom is -0.444 e. The second-order valence-corrected chi connectivity index (χ2v) is 7.42. The van der Waals surface area contributed by atoms with Crippen molar-refractivity contribution in [3.63, 3.8) is 0 Å². The number of amides is 3. The van der Waals surface area contributed by atoms with Crippen molar-refractivity contribution in [2.75, 3.05) is 19.6 Å². The number of nitrogens with zero attached hydrogens (tertiary/aromatic N) is 1. The molecule has 29 heavy (non-hydrogen) atoms. The smallest absolute Gasteiger partial charge is 0.407 e. The van der Waals surface area contributed by atoms with Gasteiger partial charge in [-0.1, -0.05) is 0 Å². The van der Waals surface area contributed by atoms with Gasteiger partial charge < -0.3 is 25.3 Å². The van der Waals surface area contributed by atoms with Crippen molar-refractivity contribution in [3.05, 3.63) is 54.4 Å². The van der Waals surface area contributed by atoms with Gasteiger partial charge >= 0.3 is 6.09 Å². The Labute approximate surface area is 170 Å². The lowest BCUT2D eigenvalue weighted by Crippen LogP contribution is -2.37. The first kappa shape index (κ1) is 22.0. The van der Waals surface area contributed by atoms with Gasteiger partial charge in [0.25, 0.3) is 5.91 Å². The summed E-state index contributed by atoms with van der Waals surface area (Å²) in [5, 5.41) is 7.97. The predicted octanol–water partition coefficient (Wildman–Crippen LogP) is 2.24. The summed E-state index contributed by atoms with van der Waals surface area (Å²) in [6, 6.07) is 11.1. The average Bonchev–Trinajstić information content (AvgIpc) is 3.18. The highest BCUT2D eigenvalue weighted by Crippen LogP contribution is 2.10. The van der Waals surface area contributed by atoms with Crippen molar-refractivity contribution in [1.82, 2.24) is 20.5 Å². The van der Waals surface area contributed by atoms with Crippen molar-refractivity contribution >= 4 is 17.9 Å². The third-order valence-corrected chi connectivity index (χ3v) is 3.79. The number of carbonyl (C=O) groups excluding carboxylic acids is 3. The van der Waals surface area contributed by atoms with Crippen LogP contribution in [-0.2, 0) is 9.53 Å². The first-order chi connectivity index (χ1) is 13.7. The molecule has 8 nitrogen and oxygen atoms in total. The summed E-state index contributed by atoms with van der Waals surface area (Å²) >= 11 is 0. The molecule has 0 saturated carbocycles. The molecule has 2 aromatic rings. The number of benzene rings is 1. The molecule has 0 spiro atoms. The Morgan fingerprint density at radius 2 is 1.52 bits per heavy atom. The summed E-state index contributed by atoms with van der Waals surface area (Å²) in [5.41, 5.74) is 0.945. The van der Waals surface area contributed by atoms with Gasteiger partial charge in [0.2, 0.25) is 5.91 Å². The molecule has 8 heteroatoms. The van der Waals surface area contributed by atoms with E-state index in [9.17, 15) is 14.4 Å². The van der Waals surface area contributed by atoms with E-state index in [1.165, 1.54) is 0 Å². The molecule has 0 radical (unpaired) electrons. The van der Waals surface area contributed by atoms with Crippen LogP contribution in [0.25, 0.3) is 5.69 Å². The Balaban J connectivity index is 1.61. The molecule has 0 fully saturated rings. The fourth-order valence-corrected chi connectivity index (χ4v) is 2.45. The van der Waals surface area contributed by atoms with Crippen LogP contribution in [-0.4, -0.2) is 47.7 Å². The zero-order valence-corrected chi connectivity index (χ0v) is 17.0. The van der Waals surface area contributed by atoms with Gasteiger partial charge in [0.15, 0.2) is 0 Å². The van der Waals surface area contributed by atoms with Crippen LogP contribution in [0.5, 0.6) is 0 Å². The molecule has 3 amide bonds. The lowest BCUT2D eigenvalue weighted by molar-refractivity contribution is -0.120. The Bertz CT molecular complexity index is 808. The molecule has 0 atom stereocenters. The van der Waals surface area contributed by atoms with Gasteiger partial charge in [-0.3, -0.25) is 9.59 Å². The fourth-order valence-electron chi connectivity index (χ4n) is 2.45. The maximum absolute atomic E-state index is 12.2. The number of carbonyl (C=O) groups is 3. The third kappa shape index (κ3) is 8.08. The Morgan fingerprint density at radius 1 is 0.897 bits per heavy atom. The van der Waals surface area contributed by atoms with Crippen molar-refractivity contribution in [1.29, 1.82) is 0 Å². The van der Waals surface area contributed by atoms with Crippen LogP contribution in [0, 0.1) is 0 Å². The number of nitrogens with one attached hydrogen (secondary N) is 3. The van der Waals surface area contributed by atoms with Crippen LogP contribution in [0.1, 0.15) is 37.6 Å². The summed E-state index contributed by atoms with van der Waals surface area (Å²) in [5.74, 6) is -0.420. The largest absolute Gasteiger partial charge is 0.444 e. The van der Waals surface area contributed by atoms with E-state index in [4.69, 9.17) is 4.74 Å². The number of aromatic nitrogens is 1. The van der Waals surface area contributed by atoms with E-state index >= 15 is 0 Å².